The Bertz CT molecular complexity index is 733. The van der Waals surface area contributed by atoms with Gasteiger partial charge in [0.1, 0.15) is 11.4 Å². The Morgan fingerprint density at radius 3 is 1.90 bits per heavy atom. The van der Waals surface area contributed by atoms with Crippen molar-refractivity contribution in [2.75, 3.05) is 0 Å². The van der Waals surface area contributed by atoms with Crippen LogP contribution >= 0.6 is 0 Å². The topological polar surface area (TPSA) is 83.8 Å². The summed E-state index contributed by atoms with van der Waals surface area (Å²) in [6, 6.07) is 6.09. The van der Waals surface area contributed by atoms with Crippen molar-refractivity contribution in [3.63, 3.8) is 0 Å². The second kappa shape index (κ2) is 11.0. The van der Waals surface area contributed by atoms with Crippen molar-refractivity contribution >= 4 is 12.4 Å². The van der Waals surface area contributed by atoms with E-state index in [-0.39, 0.29) is 5.60 Å². The van der Waals surface area contributed by atoms with Crippen molar-refractivity contribution in [2.45, 2.75) is 108 Å². The fourth-order valence-electron chi connectivity index (χ4n) is 4.69. The number of carboxylic acid groups (broad SMARTS) is 1. The fourth-order valence-corrected chi connectivity index (χ4v) is 4.69. The van der Waals surface area contributed by atoms with E-state index >= 15 is 0 Å². The van der Waals surface area contributed by atoms with Gasteiger partial charge in [-0.2, -0.15) is 0 Å². The van der Waals surface area contributed by atoms with Crippen LogP contribution in [0.4, 0.5) is 0 Å². The molecule has 0 radical (unpaired) electrons. The van der Waals surface area contributed by atoms with Gasteiger partial charge in [0.25, 0.3) is 6.47 Å². The minimum Gasteiger partial charge on any atom is -0.507 e. The Balaban J connectivity index is 1.27. The van der Waals surface area contributed by atoms with Crippen LogP contribution < -0.4 is 0 Å². The number of aromatic hydroxyl groups is 1. The largest absolute Gasteiger partial charge is 0.507 e. The van der Waals surface area contributed by atoms with Gasteiger partial charge in [-0.15, -0.1) is 0 Å². The van der Waals surface area contributed by atoms with E-state index in [4.69, 9.17) is 4.74 Å². The normalized spacial score (nSPS) is 17.8. The van der Waals surface area contributed by atoms with Gasteiger partial charge in [0.15, 0.2) is 0 Å². The molecular weight excluding hydrogens is 392 g/mol. The highest BCUT2D eigenvalue weighted by molar-refractivity contribution is 5.77. The summed E-state index contributed by atoms with van der Waals surface area (Å²) in [4.78, 5) is 21.7. The van der Waals surface area contributed by atoms with Crippen LogP contribution in [0.2, 0.25) is 0 Å². The monoisotopic (exact) mass is 430 g/mol. The minimum atomic E-state index is -0.618. The predicted octanol–water partition coefficient (Wildman–Crippen LogP) is 5.95. The molecule has 2 saturated carbocycles. The molecule has 2 aliphatic rings. The van der Waals surface area contributed by atoms with Gasteiger partial charge in [-0.25, -0.2) is 0 Å². The summed E-state index contributed by atoms with van der Waals surface area (Å²) < 4.78 is 5.19. The number of ether oxygens (including phenoxy) is 1. The molecule has 0 heterocycles. The number of phenols is 1. The summed E-state index contributed by atoms with van der Waals surface area (Å²) in [6.07, 6.45) is 15.8. The summed E-state index contributed by atoms with van der Waals surface area (Å²) in [6.45, 7) is 0.589. The maximum atomic E-state index is 11.2. The van der Waals surface area contributed by atoms with E-state index in [9.17, 15) is 19.8 Å². The van der Waals surface area contributed by atoms with Crippen molar-refractivity contribution in [1.82, 2.24) is 0 Å². The summed E-state index contributed by atoms with van der Waals surface area (Å²) in [5, 5.41) is 19.9. The van der Waals surface area contributed by atoms with Crippen LogP contribution in [0.5, 0.6) is 5.75 Å². The van der Waals surface area contributed by atoms with Crippen molar-refractivity contribution in [3.05, 3.63) is 29.3 Å². The average molecular weight is 431 g/mol. The Labute approximate surface area is 186 Å². The molecule has 5 nitrogen and oxygen atoms in total. The van der Waals surface area contributed by atoms with Gasteiger partial charge >= 0.3 is 5.97 Å². The minimum absolute atomic E-state index is 0.135. The first-order valence-corrected chi connectivity index (χ1v) is 12.1. The molecule has 3 rings (SSSR count). The Morgan fingerprint density at radius 1 is 0.871 bits per heavy atom. The van der Waals surface area contributed by atoms with E-state index < -0.39 is 11.4 Å². The van der Waals surface area contributed by atoms with Gasteiger partial charge < -0.3 is 14.9 Å². The van der Waals surface area contributed by atoms with E-state index in [2.05, 4.69) is 0 Å². The maximum Gasteiger partial charge on any atom is 0.309 e. The Hall–Kier alpha value is -2.04. The van der Waals surface area contributed by atoms with Crippen LogP contribution in [0.25, 0.3) is 0 Å². The zero-order valence-electron chi connectivity index (χ0n) is 18.7. The molecule has 172 valence electrons. The van der Waals surface area contributed by atoms with E-state index in [1.54, 1.807) is 0 Å². The van der Waals surface area contributed by atoms with Gasteiger partial charge in [0, 0.05) is 0 Å². The molecule has 1 aromatic carbocycles. The van der Waals surface area contributed by atoms with Crippen LogP contribution in [-0.4, -0.2) is 28.3 Å². The number of benzene rings is 1. The van der Waals surface area contributed by atoms with Gasteiger partial charge in [0.2, 0.25) is 0 Å². The quantitative estimate of drug-likeness (QED) is 0.236. The lowest BCUT2D eigenvalue weighted by Crippen LogP contribution is -2.14. The van der Waals surface area contributed by atoms with Crippen molar-refractivity contribution < 1.29 is 24.5 Å². The zero-order valence-corrected chi connectivity index (χ0v) is 18.7. The molecule has 0 saturated heterocycles. The van der Waals surface area contributed by atoms with Gasteiger partial charge in [-0.3, -0.25) is 9.59 Å². The van der Waals surface area contributed by atoms with E-state index in [0.29, 0.717) is 12.2 Å². The molecule has 0 aliphatic heterocycles. The SMILES string of the molecule is O=COC1(CCCCCCc2cccc(CCCCCCC3(C(=O)O)CC3)c2O)CC1. The van der Waals surface area contributed by atoms with E-state index in [0.717, 1.165) is 114 Å². The number of carboxylic acids is 1. The molecule has 0 aromatic heterocycles. The van der Waals surface area contributed by atoms with Gasteiger partial charge in [-0.1, -0.05) is 50.3 Å². The molecule has 1 aromatic rings. The number of phenolic OH excluding ortho intramolecular Hbond substituents is 1. The summed E-state index contributed by atoms with van der Waals surface area (Å²) >= 11 is 0. The summed E-state index contributed by atoms with van der Waals surface area (Å²) in [5.74, 6) is -0.158. The van der Waals surface area contributed by atoms with Crippen LogP contribution in [0.1, 0.15) is 101 Å². The van der Waals surface area contributed by atoms with Crippen molar-refractivity contribution in [1.29, 1.82) is 0 Å². The van der Waals surface area contributed by atoms with Gasteiger partial charge in [-0.05, 0) is 81.8 Å². The first-order chi connectivity index (χ1) is 15.0. The second-order valence-corrected chi connectivity index (χ2v) is 9.74. The number of rotatable bonds is 17. The summed E-state index contributed by atoms with van der Waals surface area (Å²) in [7, 11) is 0. The molecular formula is C26H38O5. The number of aliphatic carboxylic acids is 1. The summed E-state index contributed by atoms with van der Waals surface area (Å²) in [5.41, 5.74) is 1.54. The van der Waals surface area contributed by atoms with Crippen LogP contribution in [0, 0.1) is 5.41 Å². The highest BCUT2D eigenvalue weighted by Gasteiger charge is 2.49. The molecule has 0 unspecified atom stereocenters. The number of hydrogen-bond donors (Lipinski definition) is 2. The standard InChI is InChI=1S/C26H38O5/c27-20-31-26(18-19-26)15-8-4-2-6-11-22-13-9-12-21(23(22)28)10-5-1-3-7-14-25(16-17-25)24(29)30/h9,12-13,20,28H,1-8,10-11,14-19H2,(H,29,30). The lowest BCUT2D eigenvalue weighted by Gasteiger charge is -2.13. The molecule has 5 heteroatoms. The van der Waals surface area contributed by atoms with Gasteiger partial charge in [0.05, 0.1) is 5.41 Å². The molecule has 0 spiro atoms. The molecule has 2 aliphatic carbocycles. The number of hydrogen-bond acceptors (Lipinski definition) is 4. The lowest BCUT2D eigenvalue weighted by atomic mass is 9.96. The molecule has 0 atom stereocenters. The Kier molecular flexibility index (Phi) is 8.39. The molecule has 0 amide bonds. The second-order valence-electron chi connectivity index (χ2n) is 9.74. The number of para-hydroxylation sites is 1. The van der Waals surface area contributed by atoms with Crippen LogP contribution in [0.15, 0.2) is 18.2 Å². The van der Waals surface area contributed by atoms with Crippen LogP contribution in [0.3, 0.4) is 0 Å². The number of unbranched alkanes of at least 4 members (excludes halogenated alkanes) is 6. The lowest BCUT2D eigenvalue weighted by molar-refractivity contribution is -0.143. The van der Waals surface area contributed by atoms with Crippen molar-refractivity contribution in [2.24, 2.45) is 5.41 Å². The average Bonchev–Trinajstić information content (AvgIpc) is 3.67. The number of aryl methyl sites for hydroxylation is 2. The smallest absolute Gasteiger partial charge is 0.309 e. The van der Waals surface area contributed by atoms with Crippen molar-refractivity contribution in [3.8, 4) is 5.75 Å². The molecule has 2 fully saturated rings. The van der Waals surface area contributed by atoms with E-state index in [1.807, 2.05) is 18.2 Å². The third kappa shape index (κ3) is 6.98. The number of carbonyl (C=O) groups is 2. The fraction of sp³-hybridized carbons (Fsp3) is 0.692. The van der Waals surface area contributed by atoms with Crippen LogP contribution in [-0.2, 0) is 27.2 Å². The predicted molar refractivity (Wildman–Crippen MR) is 120 cm³/mol. The molecule has 2 N–H and O–H groups in total. The third-order valence-corrected chi connectivity index (χ3v) is 7.30. The zero-order chi connectivity index (χ0) is 22.2. The molecule has 31 heavy (non-hydrogen) atoms. The number of carbonyl (C=O) groups excluding carboxylic acids is 1. The maximum absolute atomic E-state index is 11.2. The third-order valence-electron chi connectivity index (χ3n) is 7.30. The van der Waals surface area contributed by atoms with E-state index in [1.165, 1.54) is 0 Å². The first kappa shape index (κ1) is 23.6. The molecule has 0 bridgehead atoms. The Morgan fingerprint density at radius 2 is 1.42 bits per heavy atom. The highest BCUT2D eigenvalue weighted by atomic mass is 16.5. The first-order valence-electron chi connectivity index (χ1n) is 12.1. The highest BCUT2D eigenvalue weighted by Crippen LogP contribution is 2.50.